The minimum atomic E-state index is 0.477. The van der Waals surface area contributed by atoms with E-state index >= 15 is 0 Å². The number of hydrogen-bond donors (Lipinski definition) is 1. The second-order valence-corrected chi connectivity index (χ2v) is 11.7. The molecule has 2 heterocycles. The van der Waals surface area contributed by atoms with Crippen molar-refractivity contribution >= 4 is 11.3 Å². The van der Waals surface area contributed by atoms with Gasteiger partial charge in [-0.3, -0.25) is 0 Å². The first kappa shape index (κ1) is 27.1. The molecule has 1 aromatic rings. The van der Waals surface area contributed by atoms with Crippen molar-refractivity contribution in [1.82, 2.24) is 15.5 Å². The summed E-state index contributed by atoms with van der Waals surface area (Å²) >= 11 is 1.90. The molecule has 4 nitrogen and oxygen atoms in total. The molecule has 1 aliphatic heterocycles. The van der Waals surface area contributed by atoms with Crippen LogP contribution in [0.3, 0.4) is 0 Å². The standard InChI is InChI=1S/C28H51N3OS/c1-3-5-7-9-10-11-13-21-32-26-19-16-23(17-20-26)27-30-31-28(33-27)24-15-18-25(29-22-24)14-12-8-6-4-2/h23-26,29H,3-22H2,1-2H3. The Morgan fingerprint density at radius 2 is 1.33 bits per heavy atom. The van der Waals surface area contributed by atoms with E-state index in [1.54, 1.807) is 0 Å². The van der Waals surface area contributed by atoms with E-state index in [0.717, 1.165) is 19.2 Å². The van der Waals surface area contributed by atoms with Crippen LogP contribution in [0.15, 0.2) is 0 Å². The fourth-order valence-electron chi connectivity index (χ4n) is 5.55. The van der Waals surface area contributed by atoms with Gasteiger partial charge >= 0.3 is 0 Å². The van der Waals surface area contributed by atoms with Crippen molar-refractivity contribution in [2.45, 2.75) is 153 Å². The zero-order valence-electron chi connectivity index (χ0n) is 21.7. The fourth-order valence-corrected chi connectivity index (χ4v) is 6.70. The summed E-state index contributed by atoms with van der Waals surface area (Å²) in [6, 6.07) is 0.724. The number of rotatable bonds is 16. The second kappa shape index (κ2) is 16.2. The van der Waals surface area contributed by atoms with E-state index in [-0.39, 0.29) is 0 Å². The van der Waals surface area contributed by atoms with Crippen LogP contribution in [0.2, 0.25) is 0 Å². The highest BCUT2D eigenvalue weighted by molar-refractivity contribution is 7.11. The molecule has 1 aliphatic carbocycles. The summed E-state index contributed by atoms with van der Waals surface area (Å²) in [5.41, 5.74) is 0. The number of aromatic nitrogens is 2. The van der Waals surface area contributed by atoms with Crippen LogP contribution in [-0.4, -0.2) is 35.5 Å². The molecule has 5 heteroatoms. The molecule has 2 fully saturated rings. The van der Waals surface area contributed by atoms with Crippen molar-refractivity contribution in [3.8, 4) is 0 Å². The molecule has 0 amide bonds. The molecule has 33 heavy (non-hydrogen) atoms. The number of nitrogens with zero attached hydrogens (tertiary/aromatic N) is 2. The molecule has 1 aromatic heterocycles. The third kappa shape index (κ3) is 9.93. The number of hydrogen-bond acceptors (Lipinski definition) is 5. The maximum Gasteiger partial charge on any atom is 0.121 e. The van der Waals surface area contributed by atoms with Gasteiger partial charge in [0.25, 0.3) is 0 Å². The Balaban J connectivity index is 1.27. The predicted molar refractivity (Wildman–Crippen MR) is 141 cm³/mol. The minimum Gasteiger partial charge on any atom is -0.378 e. The summed E-state index contributed by atoms with van der Waals surface area (Å²) in [4.78, 5) is 0. The van der Waals surface area contributed by atoms with E-state index in [9.17, 15) is 0 Å². The first-order chi connectivity index (χ1) is 16.3. The van der Waals surface area contributed by atoms with Crippen molar-refractivity contribution in [2.75, 3.05) is 13.2 Å². The number of ether oxygens (including phenoxy) is 1. The van der Waals surface area contributed by atoms with Crippen molar-refractivity contribution < 1.29 is 4.74 Å². The zero-order chi connectivity index (χ0) is 23.1. The van der Waals surface area contributed by atoms with Gasteiger partial charge in [-0.1, -0.05) is 78.1 Å². The van der Waals surface area contributed by atoms with E-state index in [1.807, 2.05) is 11.3 Å². The number of nitrogens with one attached hydrogen (secondary N) is 1. The Labute approximate surface area is 208 Å². The molecule has 0 spiro atoms. The van der Waals surface area contributed by atoms with Gasteiger partial charge in [0.1, 0.15) is 10.0 Å². The SMILES string of the molecule is CCCCCCCCCOC1CCC(c2nnc(C3CCC(CCCCCC)NC3)s2)CC1. The van der Waals surface area contributed by atoms with Crippen molar-refractivity contribution in [2.24, 2.45) is 0 Å². The average Bonchev–Trinajstić information content (AvgIpc) is 3.35. The van der Waals surface area contributed by atoms with Gasteiger partial charge in [0.2, 0.25) is 0 Å². The van der Waals surface area contributed by atoms with Crippen molar-refractivity contribution in [3.05, 3.63) is 10.0 Å². The van der Waals surface area contributed by atoms with Crippen LogP contribution in [0.25, 0.3) is 0 Å². The highest BCUT2D eigenvalue weighted by atomic mass is 32.1. The highest BCUT2D eigenvalue weighted by Crippen LogP contribution is 2.38. The van der Waals surface area contributed by atoms with Gasteiger partial charge in [0.05, 0.1) is 6.10 Å². The maximum atomic E-state index is 6.21. The van der Waals surface area contributed by atoms with E-state index in [0.29, 0.717) is 17.9 Å². The molecule has 1 saturated carbocycles. The van der Waals surface area contributed by atoms with Crippen LogP contribution in [0.1, 0.15) is 151 Å². The predicted octanol–water partition coefficient (Wildman–Crippen LogP) is 8.14. The molecule has 2 aliphatic rings. The lowest BCUT2D eigenvalue weighted by Gasteiger charge is -2.29. The highest BCUT2D eigenvalue weighted by Gasteiger charge is 2.28. The van der Waals surface area contributed by atoms with Crippen molar-refractivity contribution in [3.63, 3.8) is 0 Å². The van der Waals surface area contributed by atoms with Gasteiger partial charge < -0.3 is 10.1 Å². The monoisotopic (exact) mass is 477 g/mol. The van der Waals surface area contributed by atoms with Crippen LogP contribution in [-0.2, 0) is 4.74 Å². The van der Waals surface area contributed by atoms with Gasteiger partial charge in [-0.2, -0.15) is 0 Å². The zero-order valence-corrected chi connectivity index (χ0v) is 22.5. The summed E-state index contributed by atoms with van der Waals surface area (Å²) in [6.45, 7) is 6.62. The molecule has 0 bridgehead atoms. The molecule has 0 radical (unpaired) electrons. The number of unbranched alkanes of at least 4 members (excludes halogenated alkanes) is 9. The topological polar surface area (TPSA) is 47.0 Å². The third-order valence-corrected chi connectivity index (χ3v) is 9.10. The summed E-state index contributed by atoms with van der Waals surface area (Å²) in [5.74, 6) is 1.18. The molecule has 190 valence electrons. The van der Waals surface area contributed by atoms with Gasteiger partial charge in [0.15, 0.2) is 0 Å². The molecule has 2 unspecified atom stereocenters. The molecule has 1 N–H and O–H groups in total. The summed E-state index contributed by atoms with van der Waals surface area (Å²) in [7, 11) is 0. The van der Waals surface area contributed by atoms with Crippen LogP contribution < -0.4 is 5.32 Å². The Morgan fingerprint density at radius 3 is 2.00 bits per heavy atom. The van der Waals surface area contributed by atoms with Gasteiger partial charge in [-0.15, -0.1) is 21.5 Å². The average molecular weight is 478 g/mol. The molecular weight excluding hydrogens is 426 g/mol. The molecule has 0 aromatic carbocycles. The van der Waals surface area contributed by atoms with Crippen LogP contribution in [0.5, 0.6) is 0 Å². The Hall–Kier alpha value is -0.520. The maximum absolute atomic E-state index is 6.21. The van der Waals surface area contributed by atoms with Crippen LogP contribution in [0.4, 0.5) is 0 Å². The van der Waals surface area contributed by atoms with E-state index in [4.69, 9.17) is 4.74 Å². The Bertz CT molecular complexity index is 606. The van der Waals surface area contributed by atoms with E-state index < -0.39 is 0 Å². The van der Waals surface area contributed by atoms with Gasteiger partial charge in [-0.25, -0.2) is 0 Å². The Kier molecular flexibility index (Phi) is 13.3. The third-order valence-electron chi connectivity index (χ3n) is 7.85. The smallest absolute Gasteiger partial charge is 0.121 e. The first-order valence-corrected chi connectivity index (χ1v) is 15.3. The lowest BCUT2D eigenvalue weighted by molar-refractivity contribution is 0.0225. The first-order valence-electron chi connectivity index (χ1n) is 14.5. The van der Waals surface area contributed by atoms with E-state index in [2.05, 4.69) is 29.4 Å². The quantitative estimate of drug-likeness (QED) is 0.244. The summed E-state index contributed by atoms with van der Waals surface area (Å²) in [6.07, 6.45) is 24.2. The summed E-state index contributed by atoms with van der Waals surface area (Å²) < 4.78 is 6.21. The normalized spacial score (nSPS) is 26.0. The van der Waals surface area contributed by atoms with Crippen molar-refractivity contribution in [1.29, 1.82) is 0 Å². The molecular formula is C28H51N3OS. The molecule has 3 rings (SSSR count). The Morgan fingerprint density at radius 1 is 0.727 bits per heavy atom. The minimum absolute atomic E-state index is 0.477. The second-order valence-electron chi connectivity index (χ2n) is 10.7. The van der Waals surface area contributed by atoms with Crippen LogP contribution in [0, 0.1) is 0 Å². The number of piperidine rings is 1. The van der Waals surface area contributed by atoms with Gasteiger partial charge in [-0.05, 0) is 51.4 Å². The van der Waals surface area contributed by atoms with Crippen LogP contribution >= 0.6 is 11.3 Å². The largest absolute Gasteiger partial charge is 0.378 e. The fraction of sp³-hybridized carbons (Fsp3) is 0.929. The van der Waals surface area contributed by atoms with Gasteiger partial charge in [0, 0.05) is 31.0 Å². The molecule has 2 atom stereocenters. The molecule has 1 saturated heterocycles. The summed E-state index contributed by atoms with van der Waals surface area (Å²) in [5, 5.41) is 15.7. The van der Waals surface area contributed by atoms with E-state index in [1.165, 1.54) is 126 Å². The lowest BCUT2D eigenvalue weighted by atomic mass is 9.88. The lowest BCUT2D eigenvalue weighted by Crippen LogP contribution is -2.37.